The Labute approximate surface area is 108 Å². The van der Waals surface area contributed by atoms with Crippen LogP contribution in [0.3, 0.4) is 0 Å². The highest BCUT2D eigenvalue weighted by Crippen LogP contribution is 2.25. The molecule has 1 unspecified atom stereocenters. The highest BCUT2D eigenvalue weighted by atomic mass is 79.9. The second-order valence-electron chi connectivity index (χ2n) is 3.50. The SMILES string of the molecule is CCC(Nc1nccs1)c1cccc(Br)c1. The lowest BCUT2D eigenvalue weighted by Crippen LogP contribution is -2.09. The molecule has 0 spiro atoms. The fraction of sp³-hybridized carbons (Fsp3) is 0.250. The predicted octanol–water partition coefficient (Wildman–Crippen LogP) is 4.47. The number of hydrogen-bond donors (Lipinski definition) is 1. The van der Waals surface area contributed by atoms with Crippen LogP contribution in [-0.4, -0.2) is 4.98 Å². The molecule has 1 N–H and O–H groups in total. The molecule has 0 saturated heterocycles. The largest absolute Gasteiger partial charge is 0.355 e. The molecule has 84 valence electrons. The molecule has 4 heteroatoms. The van der Waals surface area contributed by atoms with Gasteiger partial charge in [0, 0.05) is 16.0 Å². The van der Waals surface area contributed by atoms with E-state index in [2.05, 4.69) is 51.4 Å². The fourth-order valence-corrected chi connectivity index (χ4v) is 2.59. The number of nitrogens with one attached hydrogen (secondary N) is 1. The standard InChI is InChI=1S/C12H13BrN2S/c1-2-11(15-12-14-6-7-16-12)9-4-3-5-10(13)8-9/h3-8,11H,2H2,1H3,(H,14,15). The lowest BCUT2D eigenvalue weighted by molar-refractivity contribution is 0.747. The van der Waals surface area contributed by atoms with Gasteiger partial charge in [-0.3, -0.25) is 0 Å². The first-order valence-electron chi connectivity index (χ1n) is 5.21. The molecule has 2 aromatic rings. The van der Waals surface area contributed by atoms with Gasteiger partial charge in [0.2, 0.25) is 0 Å². The average molecular weight is 297 g/mol. The summed E-state index contributed by atoms with van der Waals surface area (Å²) in [6.07, 6.45) is 2.86. The van der Waals surface area contributed by atoms with E-state index in [1.54, 1.807) is 11.3 Å². The molecule has 0 aliphatic carbocycles. The van der Waals surface area contributed by atoms with Crippen molar-refractivity contribution in [3.8, 4) is 0 Å². The van der Waals surface area contributed by atoms with Crippen molar-refractivity contribution in [1.29, 1.82) is 0 Å². The van der Waals surface area contributed by atoms with Crippen LogP contribution in [0.5, 0.6) is 0 Å². The van der Waals surface area contributed by atoms with E-state index in [4.69, 9.17) is 0 Å². The van der Waals surface area contributed by atoms with Crippen LogP contribution in [0.1, 0.15) is 24.9 Å². The maximum absolute atomic E-state index is 4.25. The minimum atomic E-state index is 0.323. The second-order valence-corrected chi connectivity index (χ2v) is 5.31. The summed E-state index contributed by atoms with van der Waals surface area (Å²) in [4.78, 5) is 4.25. The van der Waals surface area contributed by atoms with Crippen LogP contribution >= 0.6 is 27.3 Å². The number of hydrogen-bond acceptors (Lipinski definition) is 3. The summed E-state index contributed by atoms with van der Waals surface area (Å²) < 4.78 is 1.12. The quantitative estimate of drug-likeness (QED) is 0.900. The van der Waals surface area contributed by atoms with Crippen molar-refractivity contribution in [3.05, 3.63) is 45.9 Å². The maximum atomic E-state index is 4.25. The first-order chi connectivity index (χ1) is 7.79. The van der Waals surface area contributed by atoms with Gasteiger partial charge in [0.15, 0.2) is 5.13 Å². The third kappa shape index (κ3) is 2.83. The molecule has 1 atom stereocenters. The van der Waals surface area contributed by atoms with E-state index in [1.807, 2.05) is 17.6 Å². The summed E-state index contributed by atoms with van der Waals surface area (Å²) >= 11 is 5.13. The summed E-state index contributed by atoms with van der Waals surface area (Å²) in [7, 11) is 0. The van der Waals surface area contributed by atoms with Crippen LogP contribution in [0.2, 0.25) is 0 Å². The minimum absolute atomic E-state index is 0.323. The van der Waals surface area contributed by atoms with Crippen LogP contribution in [0.15, 0.2) is 40.3 Å². The van der Waals surface area contributed by atoms with Gasteiger partial charge in [0.1, 0.15) is 0 Å². The Morgan fingerprint density at radius 2 is 2.38 bits per heavy atom. The first-order valence-corrected chi connectivity index (χ1v) is 6.88. The predicted molar refractivity (Wildman–Crippen MR) is 72.9 cm³/mol. The molecule has 16 heavy (non-hydrogen) atoms. The number of rotatable bonds is 4. The molecule has 0 aliphatic heterocycles. The number of halogens is 1. The summed E-state index contributed by atoms with van der Waals surface area (Å²) in [6, 6.07) is 8.71. The molecule has 2 rings (SSSR count). The number of anilines is 1. The van der Waals surface area contributed by atoms with E-state index in [1.165, 1.54) is 5.56 Å². The zero-order chi connectivity index (χ0) is 11.4. The smallest absolute Gasteiger partial charge is 0.183 e. The van der Waals surface area contributed by atoms with Crippen molar-refractivity contribution in [3.63, 3.8) is 0 Å². The third-order valence-corrected chi connectivity index (χ3v) is 3.59. The Hall–Kier alpha value is -0.870. The highest BCUT2D eigenvalue weighted by molar-refractivity contribution is 9.10. The van der Waals surface area contributed by atoms with Gasteiger partial charge < -0.3 is 5.32 Å². The molecule has 0 amide bonds. The van der Waals surface area contributed by atoms with E-state index in [0.29, 0.717) is 6.04 Å². The molecular weight excluding hydrogens is 284 g/mol. The monoisotopic (exact) mass is 296 g/mol. The molecule has 0 saturated carbocycles. The lowest BCUT2D eigenvalue weighted by Gasteiger charge is -2.16. The van der Waals surface area contributed by atoms with Gasteiger partial charge in [-0.05, 0) is 24.1 Å². The number of aromatic nitrogens is 1. The summed E-state index contributed by atoms with van der Waals surface area (Å²) in [6.45, 7) is 2.17. The molecule has 0 radical (unpaired) electrons. The van der Waals surface area contributed by atoms with E-state index >= 15 is 0 Å². The van der Waals surface area contributed by atoms with Gasteiger partial charge in [0.05, 0.1) is 6.04 Å². The number of benzene rings is 1. The molecule has 1 heterocycles. The highest BCUT2D eigenvalue weighted by Gasteiger charge is 2.10. The molecule has 0 bridgehead atoms. The van der Waals surface area contributed by atoms with Gasteiger partial charge >= 0.3 is 0 Å². The molecule has 1 aromatic heterocycles. The van der Waals surface area contributed by atoms with Gasteiger partial charge in [-0.1, -0.05) is 35.0 Å². The van der Waals surface area contributed by atoms with Gasteiger partial charge in [0.25, 0.3) is 0 Å². The molecule has 1 aromatic carbocycles. The summed E-state index contributed by atoms with van der Waals surface area (Å²) in [5.74, 6) is 0. The minimum Gasteiger partial charge on any atom is -0.355 e. The topological polar surface area (TPSA) is 24.9 Å². The van der Waals surface area contributed by atoms with E-state index in [9.17, 15) is 0 Å². The van der Waals surface area contributed by atoms with Crippen molar-refractivity contribution < 1.29 is 0 Å². The normalized spacial score (nSPS) is 12.4. The van der Waals surface area contributed by atoms with E-state index in [-0.39, 0.29) is 0 Å². The van der Waals surface area contributed by atoms with Gasteiger partial charge in [-0.15, -0.1) is 11.3 Å². The molecule has 2 nitrogen and oxygen atoms in total. The van der Waals surface area contributed by atoms with Gasteiger partial charge in [-0.25, -0.2) is 4.98 Å². The van der Waals surface area contributed by atoms with Gasteiger partial charge in [-0.2, -0.15) is 0 Å². The average Bonchev–Trinajstić information content (AvgIpc) is 2.78. The van der Waals surface area contributed by atoms with Crippen LogP contribution < -0.4 is 5.32 Å². The van der Waals surface area contributed by atoms with Crippen molar-refractivity contribution in [2.45, 2.75) is 19.4 Å². The van der Waals surface area contributed by atoms with E-state index in [0.717, 1.165) is 16.0 Å². The Morgan fingerprint density at radius 3 is 3.00 bits per heavy atom. The van der Waals surface area contributed by atoms with Crippen LogP contribution in [-0.2, 0) is 0 Å². The van der Waals surface area contributed by atoms with Crippen LogP contribution in [0, 0.1) is 0 Å². The third-order valence-electron chi connectivity index (χ3n) is 2.39. The Bertz CT molecular complexity index is 442. The first kappa shape index (κ1) is 11.6. The van der Waals surface area contributed by atoms with Crippen LogP contribution in [0.4, 0.5) is 5.13 Å². The summed E-state index contributed by atoms with van der Waals surface area (Å²) in [5, 5.41) is 6.40. The molecular formula is C12H13BrN2S. The number of nitrogens with zero attached hydrogens (tertiary/aromatic N) is 1. The van der Waals surface area contributed by atoms with Crippen LogP contribution in [0.25, 0.3) is 0 Å². The van der Waals surface area contributed by atoms with E-state index < -0.39 is 0 Å². The Kier molecular flexibility index (Phi) is 3.96. The van der Waals surface area contributed by atoms with Crippen molar-refractivity contribution in [1.82, 2.24) is 4.98 Å². The second kappa shape index (κ2) is 5.46. The molecule has 0 aliphatic rings. The summed E-state index contributed by atoms with van der Waals surface area (Å²) in [5.41, 5.74) is 1.28. The lowest BCUT2D eigenvalue weighted by atomic mass is 10.1. The Morgan fingerprint density at radius 1 is 1.50 bits per heavy atom. The zero-order valence-corrected chi connectivity index (χ0v) is 11.4. The zero-order valence-electron chi connectivity index (χ0n) is 8.98. The van der Waals surface area contributed by atoms with Crippen molar-refractivity contribution in [2.75, 3.05) is 5.32 Å². The Balaban J connectivity index is 2.16. The fourth-order valence-electron chi connectivity index (χ4n) is 1.59. The van der Waals surface area contributed by atoms with Crippen molar-refractivity contribution >= 4 is 32.4 Å². The molecule has 0 fully saturated rings. The number of thiazole rings is 1. The maximum Gasteiger partial charge on any atom is 0.183 e. The van der Waals surface area contributed by atoms with Crippen molar-refractivity contribution in [2.24, 2.45) is 0 Å².